The number of nitrogens with zero attached hydrogens (tertiary/aromatic N) is 1. The van der Waals surface area contributed by atoms with E-state index < -0.39 is 11.7 Å². The highest BCUT2D eigenvalue weighted by atomic mass is 32.2. The molecule has 1 aromatic rings. The van der Waals surface area contributed by atoms with Crippen molar-refractivity contribution in [3.8, 4) is 6.07 Å². The van der Waals surface area contributed by atoms with Crippen LogP contribution in [-0.4, -0.2) is 10.5 Å². The molecule has 0 aliphatic carbocycles. The van der Waals surface area contributed by atoms with Gasteiger partial charge < -0.3 is 0 Å². The molecule has 0 radical (unpaired) electrons. The van der Waals surface area contributed by atoms with E-state index in [1.807, 2.05) is 17.8 Å². The lowest BCUT2D eigenvalue weighted by Crippen LogP contribution is -2.21. The number of allylic oxidation sites excluding steroid dienone is 1. The first kappa shape index (κ1) is 14.5. The van der Waals surface area contributed by atoms with Crippen molar-refractivity contribution in [1.82, 2.24) is 0 Å². The number of alkyl halides is 3. The lowest BCUT2D eigenvalue weighted by atomic mass is 9.90. The van der Waals surface area contributed by atoms with Gasteiger partial charge in [0.1, 0.15) is 0 Å². The summed E-state index contributed by atoms with van der Waals surface area (Å²) >= 11 is 1.95. The van der Waals surface area contributed by atoms with Crippen LogP contribution in [0.15, 0.2) is 24.3 Å². The van der Waals surface area contributed by atoms with E-state index in [1.54, 1.807) is 0 Å². The van der Waals surface area contributed by atoms with Crippen molar-refractivity contribution in [3.63, 3.8) is 0 Å². The third-order valence-electron chi connectivity index (χ3n) is 4.03. The van der Waals surface area contributed by atoms with E-state index in [1.165, 1.54) is 12.5 Å². The van der Waals surface area contributed by atoms with Gasteiger partial charge in [0.2, 0.25) is 0 Å². The van der Waals surface area contributed by atoms with Crippen LogP contribution in [0.5, 0.6) is 0 Å². The quantitative estimate of drug-likeness (QED) is 0.727. The van der Waals surface area contributed by atoms with Crippen molar-refractivity contribution in [2.75, 3.05) is 0 Å². The largest absolute Gasteiger partial charge is 0.416 e. The third-order valence-corrected chi connectivity index (χ3v) is 5.54. The third kappa shape index (κ3) is 2.96. The summed E-state index contributed by atoms with van der Waals surface area (Å²) in [5.41, 5.74) is 1.08. The number of nitriles is 1. The van der Waals surface area contributed by atoms with Gasteiger partial charge in [0.05, 0.1) is 17.2 Å². The Labute approximate surface area is 125 Å². The van der Waals surface area contributed by atoms with E-state index in [4.69, 9.17) is 0 Å². The molecule has 1 aromatic carbocycles. The lowest BCUT2D eigenvalue weighted by Gasteiger charge is -2.33. The minimum Gasteiger partial charge on any atom is -0.192 e. The smallest absolute Gasteiger partial charge is 0.192 e. The zero-order valence-corrected chi connectivity index (χ0v) is 12.1. The van der Waals surface area contributed by atoms with E-state index in [0.29, 0.717) is 16.1 Å². The van der Waals surface area contributed by atoms with Crippen LogP contribution >= 0.6 is 11.8 Å². The van der Waals surface area contributed by atoms with Crippen molar-refractivity contribution in [2.45, 2.75) is 42.4 Å². The summed E-state index contributed by atoms with van der Waals surface area (Å²) in [6.07, 6.45) is 2.07. The van der Waals surface area contributed by atoms with Crippen LogP contribution in [0.2, 0.25) is 0 Å². The Hall–Kier alpha value is -1.41. The van der Waals surface area contributed by atoms with E-state index in [-0.39, 0.29) is 5.56 Å². The molecule has 2 aliphatic heterocycles. The molecule has 0 saturated carbocycles. The minimum absolute atomic E-state index is 0.126. The summed E-state index contributed by atoms with van der Waals surface area (Å²) in [6, 6.07) is 5.42. The predicted molar refractivity (Wildman–Crippen MR) is 77.8 cm³/mol. The SMILES string of the molecule is N#Cc1cc(C(F)(F)F)ccc1C1=CC2CCCC(C1)S2. The Balaban J connectivity index is 1.99. The number of halogens is 3. The van der Waals surface area contributed by atoms with Crippen LogP contribution in [-0.2, 0) is 6.18 Å². The molecule has 2 heterocycles. The fraction of sp³-hybridized carbons (Fsp3) is 0.438. The zero-order chi connectivity index (χ0) is 15.0. The summed E-state index contributed by atoms with van der Waals surface area (Å²) in [5, 5.41) is 10.2. The van der Waals surface area contributed by atoms with Gasteiger partial charge in [0.25, 0.3) is 0 Å². The Kier molecular flexibility index (Phi) is 3.75. The molecule has 3 rings (SSSR count). The van der Waals surface area contributed by atoms with Crippen LogP contribution < -0.4 is 0 Å². The fourth-order valence-electron chi connectivity index (χ4n) is 3.03. The van der Waals surface area contributed by atoms with Crippen molar-refractivity contribution < 1.29 is 13.2 Å². The molecule has 110 valence electrons. The number of hydrogen-bond acceptors (Lipinski definition) is 2. The van der Waals surface area contributed by atoms with Gasteiger partial charge >= 0.3 is 6.18 Å². The highest BCUT2D eigenvalue weighted by Gasteiger charge is 2.32. The second-order valence-corrected chi connectivity index (χ2v) is 7.04. The Morgan fingerprint density at radius 3 is 2.71 bits per heavy atom. The van der Waals surface area contributed by atoms with E-state index >= 15 is 0 Å². The molecular formula is C16H14F3NS. The summed E-state index contributed by atoms with van der Waals surface area (Å²) < 4.78 is 38.2. The zero-order valence-electron chi connectivity index (χ0n) is 11.3. The minimum atomic E-state index is -4.41. The molecule has 0 N–H and O–H groups in total. The van der Waals surface area contributed by atoms with E-state index in [9.17, 15) is 18.4 Å². The number of hydrogen-bond donors (Lipinski definition) is 0. The normalized spacial score (nSPS) is 25.1. The molecule has 0 spiro atoms. The standard InChI is InChI=1S/C16H14F3NS/c17-16(18,19)12-4-5-15(11(6-12)9-20)10-7-13-2-1-3-14(8-10)21-13/h4-7,13-14H,1-3,8H2. The maximum absolute atomic E-state index is 12.7. The predicted octanol–water partition coefficient (Wildman–Crippen LogP) is 5.02. The topological polar surface area (TPSA) is 23.8 Å². The van der Waals surface area contributed by atoms with Crippen LogP contribution in [0, 0.1) is 11.3 Å². The molecule has 2 bridgehead atoms. The molecular weight excluding hydrogens is 295 g/mol. The molecule has 1 fully saturated rings. The van der Waals surface area contributed by atoms with Crippen molar-refractivity contribution in [2.24, 2.45) is 0 Å². The van der Waals surface area contributed by atoms with Gasteiger partial charge in [-0.1, -0.05) is 18.6 Å². The average Bonchev–Trinajstić information content (AvgIpc) is 2.45. The van der Waals surface area contributed by atoms with E-state index in [2.05, 4.69) is 6.08 Å². The Bertz CT molecular complexity index is 627. The highest BCUT2D eigenvalue weighted by Crippen LogP contribution is 2.44. The molecule has 0 amide bonds. The summed E-state index contributed by atoms with van der Waals surface area (Å²) in [6.45, 7) is 0. The van der Waals surface area contributed by atoms with Gasteiger partial charge in [-0.05, 0) is 42.5 Å². The van der Waals surface area contributed by atoms with Crippen molar-refractivity contribution in [1.29, 1.82) is 5.26 Å². The molecule has 2 aliphatic rings. The lowest BCUT2D eigenvalue weighted by molar-refractivity contribution is -0.137. The first-order chi connectivity index (χ1) is 9.97. The van der Waals surface area contributed by atoms with Crippen LogP contribution in [0.25, 0.3) is 5.57 Å². The van der Waals surface area contributed by atoms with Crippen LogP contribution in [0.1, 0.15) is 42.4 Å². The second kappa shape index (κ2) is 5.42. The van der Waals surface area contributed by atoms with Gasteiger partial charge in [0, 0.05) is 10.5 Å². The number of fused-ring (bicyclic) bond motifs is 2. The summed E-state index contributed by atoms with van der Waals surface area (Å²) in [4.78, 5) is 0. The van der Waals surface area contributed by atoms with Gasteiger partial charge in [-0.25, -0.2) is 0 Å². The summed E-state index contributed by atoms with van der Waals surface area (Å²) in [7, 11) is 0. The molecule has 1 saturated heterocycles. The molecule has 2 atom stereocenters. The Morgan fingerprint density at radius 2 is 2.05 bits per heavy atom. The highest BCUT2D eigenvalue weighted by molar-refractivity contribution is 8.00. The number of thioether (sulfide) groups is 1. The molecule has 5 heteroatoms. The fourth-order valence-corrected chi connectivity index (χ4v) is 4.65. The maximum Gasteiger partial charge on any atom is 0.416 e. The Morgan fingerprint density at radius 1 is 1.24 bits per heavy atom. The van der Waals surface area contributed by atoms with Gasteiger partial charge in [0.15, 0.2) is 0 Å². The monoisotopic (exact) mass is 309 g/mol. The van der Waals surface area contributed by atoms with Gasteiger partial charge in [-0.2, -0.15) is 30.2 Å². The molecule has 21 heavy (non-hydrogen) atoms. The van der Waals surface area contributed by atoms with Crippen LogP contribution in [0.3, 0.4) is 0 Å². The van der Waals surface area contributed by atoms with Gasteiger partial charge in [-0.15, -0.1) is 0 Å². The summed E-state index contributed by atoms with van der Waals surface area (Å²) in [5.74, 6) is 0. The van der Waals surface area contributed by atoms with Crippen LogP contribution in [0.4, 0.5) is 13.2 Å². The number of rotatable bonds is 1. The molecule has 0 aromatic heterocycles. The van der Waals surface area contributed by atoms with Crippen molar-refractivity contribution >= 4 is 17.3 Å². The van der Waals surface area contributed by atoms with Gasteiger partial charge in [-0.3, -0.25) is 0 Å². The molecule has 1 nitrogen and oxygen atoms in total. The second-order valence-electron chi connectivity index (χ2n) is 5.49. The maximum atomic E-state index is 12.7. The molecule has 2 unspecified atom stereocenters. The van der Waals surface area contributed by atoms with Crippen molar-refractivity contribution in [3.05, 3.63) is 41.0 Å². The average molecular weight is 309 g/mol. The number of benzene rings is 1. The first-order valence-electron chi connectivity index (χ1n) is 6.95. The first-order valence-corrected chi connectivity index (χ1v) is 7.89. The van der Waals surface area contributed by atoms with E-state index in [0.717, 1.165) is 37.0 Å².